The summed E-state index contributed by atoms with van der Waals surface area (Å²) in [6, 6.07) is 12.4. The van der Waals surface area contributed by atoms with Gasteiger partial charge in [0.1, 0.15) is 6.33 Å². The van der Waals surface area contributed by atoms with Gasteiger partial charge in [-0.2, -0.15) is 4.31 Å². The summed E-state index contributed by atoms with van der Waals surface area (Å²) in [6.45, 7) is 2.48. The zero-order valence-electron chi connectivity index (χ0n) is 18.0. The van der Waals surface area contributed by atoms with Gasteiger partial charge in [-0.1, -0.05) is 41.4 Å². The Morgan fingerprint density at radius 2 is 2.00 bits per heavy atom. The fourth-order valence-electron chi connectivity index (χ4n) is 3.97. The molecule has 1 heterocycles. The minimum Gasteiger partial charge on any atom is -0.207 e. The van der Waals surface area contributed by atoms with Crippen LogP contribution < -0.4 is 0 Å². The number of tetrazole rings is 1. The molecule has 0 unspecified atom stereocenters. The number of hydrogen-bond acceptors (Lipinski definition) is 5. The van der Waals surface area contributed by atoms with Crippen molar-refractivity contribution in [3.63, 3.8) is 0 Å². The molecule has 0 bridgehead atoms. The zero-order chi connectivity index (χ0) is 22.6. The summed E-state index contributed by atoms with van der Waals surface area (Å²) in [5, 5.41) is 11.8. The maximum Gasteiger partial charge on any atom is 0.243 e. The van der Waals surface area contributed by atoms with Gasteiger partial charge in [-0.05, 0) is 84.8 Å². The molecule has 7 nitrogen and oxygen atoms in total. The Morgan fingerprint density at radius 3 is 2.69 bits per heavy atom. The van der Waals surface area contributed by atoms with Crippen LogP contribution >= 0.6 is 11.6 Å². The zero-order valence-corrected chi connectivity index (χ0v) is 19.6. The summed E-state index contributed by atoms with van der Waals surface area (Å²) >= 11 is 6.36. The molecule has 0 fully saturated rings. The normalized spacial score (nSPS) is 14.5. The summed E-state index contributed by atoms with van der Waals surface area (Å²) in [6.07, 6.45) is 8.96. The number of benzene rings is 2. The number of allylic oxidation sites excluding steroid dienone is 1. The van der Waals surface area contributed by atoms with Crippen molar-refractivity contribution in [2.45, 2.75) is 50.5 Å². The SMILES string of the molecule is Cc1cc(S(=O)(=O)N(CCC2=CCCCC2)Cc2ccccc2Cl)ccc1-n1cnnn1. The quantitative estimate of drug-likeness (QED) is 0.444. The van der Waals surface area contributed by atoms with Gasteiger partial charge in [0.05, 0.1) is 10.6 Å². The van der Waals surface area contributed by atoms with Crippen LogP contribution in [-0.2, 0) is 16.6 Å². The average Bonchev–Trinajstić information content (AvgIpc) is 3.33. The van der Waals surface area contributed by atoms with E-state index in [9.17, 15) is 8.42 Å². The van der Waals surface area contributed by atoms with Crippen LogP contribution in [0.3, 0.4) is 0 Å². The second-order valence-electron chi connectivity index (χ2n) is 7.99. The lowest BCUT2D eigenvalue weighted by atomic mass is 9.97. The van der Waals surface area contributed by atoms with Crippen LogP contribution in [0.15, 0.2) is 65.3 Å². The van der Waals surface area contributed by atoms with Crippen LogP contribution in [0.2, 0.25) is 5.02 Å². The Bertz CT molecular complexity index is 1210. The van der Waals surface area contributed by atoms with E-state index < -0.39 is 10.0 Å². The Labute approximate surface area is 193 Å². The first-order valence-electron chi connectivity index (χ1n) is 10.7. The van der Waals surface area contributed by atoms with Gasteiger partial charge in [-0.15, -0.1) is 5.10 Å². The van der Waals surface area contributed by atoms with Crippen LogP contribution in [0.4, 0.5) is 0 Å². The molecule has 1 aliphatic rings. The van der Waals surface area contributed by atoms with E-state index in [4.69, 9.17) is 11.6 Å². The molecule has 0 N–H and O–H groups in total. The number of nitrogens with zero attached hydrogens (tertiary/aromatic N) is 5. The lowest BCUT2D eigenvalue weighted by molar-refractivity contribution is 0.406. The molecule has 1 aromatic heterocycles. The van der Waals surface area contributed by atoms with Crippen LogP contribution in [-0.4, -0.2) is 39.5 Å². The summed E-state index contributed by atoms with van der Waals surface area (Å²) < 4.78 is 30.4. The Hall–Kier alpha value is -2.55. The predicted octanol–water partition coefficient (Wildman–Crippen LogP) is 4.71. The molecule has 0 saturated heterocycles. The first-order chi connectivity index (χ1) is 15.4. The number of rotatable bonds is 8. The van der Waals surface area contributed by atoms with Gasteiger partial charge < -0.3 is 0 Å². The van der Waals surface area contributed by atoms with E-state index in [-0.39, 0.29) is 11.4 Å². The minimum absolute atomic E-state index is 0.225. The third-order valence-corrected chi connectivity index (χ3v) is 7.98. The Kier molecular flexibility index (Phi) is 7.03. The molecule has 0 saturated carbocycles. The van der Waals surface area contributed by atoms with E-state index in [1.54, 1.807) is 24.3 Å². The van der Waals surface area contributed by atoms with Crippen molar-refractivity contribution in [1.29, 1.82) is 0 Å². The lowest BCUT2D eigenvalue weighted by Crippen LogP contribution is -2.32. The fourth-order valence-corrected chi connectivity index (χ4v) is 5.67. The van der Waals surface area contributed by atoms with Crippen molar-refractivity contribution in [2.24, 2.45) is 0 Å². The molecule has 168 valence electrons. The van der Waals surface area contributed by atoms with E-state index in [1.165, 1.54) is 33.7 Å². The maximum atomic E-state index is 13.7. The molecular formula is C23H26ClN5O2S. The molecule has 4 rings (SSSR count). The summed E-state index contributed by atoms with van der Waals surface area (Å²) in [4.78, 5) is 0.247. The molecular weight excluding hydrogens is 446 g/mol. The molecule has 0 aliphatic heterocycles. The molecule has 0 radical (unpaired) electrons. The van der Waals surface area contributed by atoms with Gasteiger partial charge in [0.15, 0.2) is 0 Å². The largest absolute Gasteiger partial charge is 0.243 e. The molecule has 9 heteroatoms. The smallest absolute Gasteiger partial charge is 0.207 e. The molecule has 0 atom stereocenters. The second-order valence-corrected chi connectivity index (χ2v) is 10.3. The van der Waals surface area contributed by atoms with Crippen molar-refractivity contribution in [2.75, 3.05) is 6.54 Å². The topological polar surface area (TPSA) is 81.0 Å². The monoisotopic (exact) mass is 471 g/mol. The molecule has 32 heavy (non-hydrogen) atoms. The highest BCUT2D eigenvalue weighted by Gasteiger charge is 2.26. The second kappa shape index (κ2) is 9.94. The first kappa shape index (κ1) is 22.6. The number of aryl methyl sites for hydroxylation is 1. The van der Waals surface area contributed by atoms with Gasteiger partial charge in [-0.3, -0.25) is 0 Å². The molecule has 1 aliphatic carbocycles. The molecule has 3 aromatic rings. The van der Waals surface area contributed by atoms with Gasteiger partial charge >= 0.3 is 0 Å². The summed E-state index contributed by atoms with van der Waals surface area (Å²) in [5.41, 5.74) is 3.63. The highest BCUT2D eigenvalue weighted by molar-refractivity contribution is 7.89. The predicted molar refractivity (Wildman–Crippen MR) is 124 cm³/mol. The van der Waals surface area contributed by atoms with Gasteiger partial charge in [0.2, 0.25) is 10.0 Å². The number of aromatic nitrogens is 4. The Morgan fingerprint density at radius 1 is 1.16 bits per heavy atom. The number of hydrogen-bond donors (Lipinski definition) is 0. The first-order valence-corrected chi connectivity index (χ1v) is 12.5. The summed E-state index contributed by atoms with van der Waals surface area (Å²) in [5.74, 6) is 0. The molecule has 2 aromatic carbocycles. The van der Waals surface area contributed by atoms with E-state index in [0.29, 0.717) is 11.6 Å². The van der Waals surface area contributed by atoms with Crippen LogP contribution in [0.1, 0.15) is 43.2 Å². The van der Waals surface area contributed by atoms with Crippen LogP contribution in [0.5, 0.6) is 0 Å². The highest BCUT2D eigenvalue weighted by atomic mass is 35.5. The van der Waals surface area contributed by atoms with Gasteiger partial charge in [0.25, 0.3) is 0 Å². The molecule has 0 amide bonds. The summed E-state index contributed by atoms with van der Waals surface area (Å²) in [7, 11) is -3.74. The number of halogens is 1. The molecule has 0 spiro atoms. The van der Waals surface area contributed by atoms with Gasteiger partial charge in [0, 0.05) is 18.1 Å². The number of sulfonamides is 1. The van der Waals surface area contributed by atoms with Crippen molar-refractivity contribution < 1.29 is 8.42 Å². The van der Waals surface area contributed by atoms with Crippen LogP contribution in [0, 0.1) is 6.92 Å². The fraction of sp³-hybridized carbons (Fsp3) is 0.348. The van der Waals surface area contributed by atoms with Crippen molar-refractivity contribution in [3.8, 4) is 5.69 Å². The van der Waals surface area contributed by atoms with Gasteiger partial charge in [-0.25, -0.2) is 13.1 Å². The lowest BCUT2D eigenvalue weighted by Gasteiger charge is -2.24. The maximum absolute atomic E-state index is 13.7. The van der Waals surface area contributed by atoms with E-state index in [2.05, 4.69) is 21.6 Å². The third-order valence-electron chi connectivity index (χ3n) is 5.77. The Balaban J connectivity index is 1.64. The van der Waals surface area contributed by atoms with Crippen molar-refractivity contribution in [3.05, 3.63) is 76.6 Å². The third kappa shape index (κ3) is 5.09. The van der Waals surface area contributed by atoms with Crippen molar-refractivity contribution >= 4 is 21.6 Å². The standard InChI is InChI=1S/C23H26ClN5O2S/c1-18-15-21(11-12-23(18)29-17-25-26-27-29)32(30,31)28(14-13-19-7-3-2-4-8-19)16-20-9-5-6-10-22(20)24/h5-7,9-12,15,17H,2-4,8,13-14,16H2,1H3. The van der Waals surface area contributed by atoms with E-state index in [0.717, 1.165) is 36.1 Å². The minimum atomic E-state index is -3.74. The van der Waals surface area contributed by atoms with Crippen LogP contribution in [0.25, 0.3) is 5.69 Å². The highest BCUT2D eigenvalue weighted by Crippen LogP contribution is 2.27. The average molecular weight is 472 g/mol. The van der Waals surface area contributed by atoms with Crippen molar-refractivity contribution in [1.82, 2.24) is 24.5 Å². The van der Waals surface area contributed by atoms with E-state index >= 15 is 0 Å². The van der Waals surface area contributed by atoms with E-state index in [1.807, 2.05) is 25.1 Å².